The van der Waals surface area contributed by atoms with Gasteiger partial charge < -0.3 is 16.4 Å². The largest absolute Gasteiger partial charge is 0.351 e. The van der Waals surface area contributed by atoms with Crippen molar-refractivity contribution in [1.29, 1.82) is 0 Å². The third-order valence-corrected chi connectivity index (χ3v) is 2.52. The van der Waals surface area contributed by atoms with Gasteiger partial charge in [-0.25, -0.2) is 9.78 Å². The zero-order chi connectivity index (χ0) is 14.5. The van der Waals surface area contributed by atoms with E-state index >= 15 is 0 Å². The molecule has 1 aromatic carbocycles. The van der Waals surface area contributed by atoms with E-state index in [-0.39, 0.29) is 5.91 Å². The number of benzene rings is 1. The Hall–Kier alpha value is -2.89. The molecule has 0 aliphatic rings. The number of anilines is 2. The van der Waals surface area contributed by atoms with E-state index in [9.17, 15) is 9.59 Å². The standard InChI is InChI=1S/C14H14N4O2/c1-9-4-2-7-12(16-9)18-13(19)10-5-3-6-11(8-10)17-14(15)20/h2-8H,1H3,(H3,15,17,20)(H,16,18,19). The minimum atomic E-state index is -0.678. The monoisotopic (exact) mass is 270 g/mol. The van der Waals surface area contributed by atoms with Gasteiger partial charge in [-0.2, -0.15) is 0 Å². The van der Waals surface area contributed by atoms with Crippen LogP contribution in [0.15, 0.2) is 42.5 Å². The summed E-state index contributed by atoms with van der Waals surface area (Å²) in [5.41, 5.74) is 6.71. The van der Waals surface area contributed by atoms with Crippen LogP contribution in [0.4, 0.5) is 16.3 Å². The van der Waals surface area contributed by atoms with E-state index in [1.165, 1.54) is 6.07 Å². The molecule has 0 unspecified atom stereocenters. The Bertz CT molecular complexity index is 655. The molecule has 0 radical (unpaired) electrons. The molecule has 0 saturated carbocycles. The molecule has 102 valence electrons. The molecule has 0 aliphatic carbocycles. The number of primary amides is 1. The van der Waals surface area contributed by atoms with Crippen LogP contribution in [0.1, 0.15) is 16.1 Å². The fourth-order valence-electron chi connectivity index (χ4n) is 1.68. The fourth-order valence-corrected chi connectivity index (χ4v) is 1.68. The first-order valence-electron chi connectivity index (χ1n) is 5.96. The molecule has 1 aromatic heterocycles. The fraction of sp³-hybridized carbons (Fsp3) is 0.0714. The van der Waals surface area contributed by atoms with Crippen molar-refractivity contribution in [2.75, 3.05) is 10.6 Å². The van der Waals surface area contributed by atoms with Crippen molar-refractivity contribution in [2.45, 2.75) is 6.92 Å². The molecule has 0 aliphatic heterocycles. The maximum Gasteiger partial charge on any atom is 0.316 e. The summed E-state index contributed by atoms with van der Waals surface area (Å²) in [6, 6.07) is 11.2. The van der Waals surface area contributed by atoms with Crippen LogP contribution in [0.5, 0.6) is 0 Å². The van der Waals surface area contributed by atoms with Gasteiger partial charge in [0, 0.05) is 16.9 Å². The van der Waals surface area contributed by atoms with Crippen molar-refractivity contribution in [3.05, 3.63) is 53.7 Å². The number of amides is 3. The Kier molecular flexibility index (Phi) is 3.95. The minimum absolute atomic E-state index is 0.309. The predicted molar refractivity (Wildman–Crippen MR) is 76.6 cm³/mol. The molecule has 4 N–H and O–H groups in total. The number of nitrogens with one attached hydrogen (secondary N) is 2. The summed E-state index contributed by atoms with van der Waals surface area (Å²) < 4.78 is 0. The Morgan fingerprint density at radius 2 is 1.85 bits per heavy atom. The Morgan fingerprint density at radius 3 is 2.55 bits per heavy atom. The van der Waals surface area contributed by atoms with E-state index in [0.717, 1.165) is 5.69 Å². The number of pyridine rings is 1. The van der Waals surface area contributed by atoms with Gasteiger partial charge >= 0.3 is 6.03 Å². The molecule has 1 heterocycles. The second-order valence-electron chi connectivity index (χ2n) is 4.19. The highest BCUT2D eigenvalue weighted by atomic mass is 16.2. The lowest BCUT2D eigenvalue weighted by atomic mass is 10.2. The first-order chi connectivity index (χ1) is 9.54. The highest BCUT2D eigenvalue weighted by Gasteiger charge is 2.08. The van der Waals surface area contributed by atoms with Crippen molar-refractivity contribution in [1.82, 2.24) is 4.98 Å². The van der Waals surface area contributed by atoms with Crippen molar-refractivity contribution < 1.29 is 9.59 Å². The van der Waals surface area contributed by atoms with Crippen molar-refractivity contribution in [2.24, 2.45) is 5.73 Å². The number of nitrogens with two attached hydrogens (primary N) is 1. The predicted octanol–water partition coefficient (Wildman–Crippen LogP) is 2.13. The summed E-state index contributed by atoms with van der Waals surface area (Å²) in [5, 5.41) is 5.10. The van der Waals surface area contributed by atoms with Crippen LogP contribution in [-0.4, -0.2) is 16.9 Å². The third-order valence-electron chi connectivity index (χ3n) is 2.52. The molecule has 0 atom stereocenters. The molecule has 6 nitrogen and oxygen atoms in total. The van der Waals surface area contributed by atoms with Gasteiger partial charge in [0.15, 0.2) is 0 Å². The number of hydrogen-bond donors (Lipinski definition) is 3. The number of carbonyl (C=O) groups is 2. The smallest absolute Gasteiger partial charge is 0.316 e. The number of aryl methyl sites for hydroxylation is 1. The van der Waals surface area contributed by atoms with E-state index in [4.69, 9.17) is 5.73 Å². The van der Waals surface area contributed by atoms with Crippen LogP contribution < -0.4 is 16.4 Å². The number of aromatic nitrogens is 1. The zero-order valence-corrected chi connectivity index (χ0v) is 10.9. The molecule has 20 heavy (non-hydrogen) atoms. The Balaban J connectivity index is 2.15. The van der Waals surface area contributed by atoms with Crippen LogP contribution >= 0.6 is 0 Å². The van der Waals surface area contributed by atoms with Crippen LogP contribution in [0.2, 0.25) is 0 Å². The first-order valence-corrected chi connectivity index (χ1v) is 5.96. The Morgan fingerprint density at radius 1 is 1.10 bits per heavy atom. The van der Waals surface area contributed by atoms with Gasteiger partial charge in [0.2, 0.25) is 0 Å². The average molecular weight is 270 g/mol. The number of urea groups is 1. The summed E-state index contributed by atoms with van der Waals surface area (Å²) >= 11 is 0. The summed E-state index contributed by atoms with van der Waals surface area (Å²) in [5.74, 6) is 0.166. The number of nitrogens with zero attached hydrogens (tertiary/aromatic N) is 1. The van der Waals surface area contributed by atoms with E-state index in [0.29, 0.717) is 17.1 Å². The lowest BCUT2D eigenvalue weighted by molar-refractivity contribution is 0.102. The molecule has 0 spiro atoms. The van der Waals surface area contributed by atoms with Crippen molar-refractivity contribution >= 4 is 23.4 Å². The quantitative estimate of drug-likeness (QED) is 0.797. The van der Waals surface area contributed by atoms with Gasteiger partial charge in [0.25, 0.3) is 5.91 Å². The maximum absolute atomic E-state index is 12.1. The van der Waals surface area contributed by atoms with Crippen LogP contribution in [-0.2, 0) is 0 Å². The third kappa shape index (κ3) is 3.55. The molecular weight excluding hydrogens is 256 g/mol. The highest BCUT2D eigenvalue weighted by molar-refractivity contribution is 6.04. The second-order valence-corrected chi connectivity index (χ2v) is 4.19. The number of carbonyl (C=O) groups excluding carboxylic acids is 2. The summed E-state index contributed by atoms with van der Waals surface area (Å²) in [4.78, 5) is 27.0. The molecule has 0 fully saturated rings. The maximum atomic E-state index is 12.1. The van der Waals surface area contributed by atoms with Gasteiger partial charge in [0.05, 0.1) is 0 Å². The average Bonchev–Trinajstić information content (AvgIpc) is 2.38. The topological polar surface area (TPSA) is 97.1 Å². The molecule has 0 saturated heterocycles. The first kappa shape index (κ1) is 13.5. The van der Waals surface area contributed by atoms with Gasteiger partial charge in [0.1, 0.15) is 5.82 Å². The van der Waals surface area contributed by atoms with Crippen LogP contribution in [0.3, 0.4) is 0 Å². The van der Waals surface area contributed by atoms with E-state index in [2.05, 4.69) is 15.6 Å². The Labute approximate surface area is 116 Å². The zero-order valence-electron chi connectivity index (χ0n) is 10.9. The summed E-state index contributed by atoms with van der Waals surface area (Å²) in [6.45, 7) is 1.84. The van der Waals surface area contributed by atoms with Gasteiger partial charge in [-0.3, -0.25) is 4.79 Å². The van der Waals surface area contributed by atoms with E-state index in [1.807, 2.05) is 19.1 Å². The molecule has 3 amide bonds. The van der Waals surface area contributed by atoms with E-state index < -0.39 is 6.03 Å². The van der Waals surface area contributed by atoms with Crippen molar-refractivity contribution in [3.63, 3.8) is 0 Å². The van der Waals surface area contributed by atoms with Gasteiger partial charge in [-0.05, 0) is 37.3 Å². The molecule has 0 bridgehead atoms. The van der Waals surface area contributed by atoms with Gasteiger partial charge in [-0.15, -0.1) is 0 Å². The van der Waals surface area contributed by atoms with Crippen LogP contribution in [0.25, 0.3) is 0 Å². The van der Waals surface area contributed by atoms with E-state index in [1.54, 1.807) is 24.3 Å². The molecule has 6 heteroatoms. The number of rotatable bonds is 3. The molecule has 2 rings (SSSR count). The normalized spacial score (nSPS) is 9.85. The van der Waals surface area contributed by atoms with Crippen LogP contribution in [0, 0.1) is 6.92 Å². The number of hydrogen-bond acceptors (Lipinski definition) is 3. The lowest BCUT2D eigenvalue weighted by Gasteiger charge is -2.07. The molecular formula is C14H14N4O2. The lowest BCUT2D eigenvalue weighted by Crippen LogP contribution is -2.20. The highest BCUT2D eigenvalue weighted by Crippen LogP contribution is 2.12. The van der Waals surface area contributed by atoms with Gasteiger partial charge in [-0.1, -0.05) is 12.1 Å². The SMILES string of the molecule is Cc1cccc(NC(=O)c2cccc(NC(N)=O)c2)n1. The molecule has 2 aromatic rings. The summed E-state index contributed by atoms with van der Waals surface area (Å²) in [6.07, 6.45) is 0. The minimum Gasteiger partial charge on any atom is -0.351 e. The van der Waals surface area contributed by atoms with Crippen molar-refractivity contribution in [3.8, 4) is 0 Å². The second kappa shape index (κ2) is 5.83. The summed E-state index contributed by atoms with van der Waals surface area (Å²) in [7, 11) is 0.